The van der Waals surface area contributed by atoms with Gasteiger partial charge in [-0.1, -0.05) is 18.2 Å². The molecule has 0 saturated heterocycles. The number of rotatable bonds is 14. The van der Waals surface area contributed by atoms with E-state index in [1.807, 2.05) is 0 Å². The van der Waals surface area contributed by atoms with Crippen LogP contribution in [0.15, 0.2) is 142 Å². The number of pyridine rings is 1. The number of nitrogens with one attached hydrogen (secondary N) is 2. The molecule has 352 valence electrons. The summed E-state index contributed by atoms with van der Waals surface area (Å²) in [6.45, 7) is 1.20. The van der Waals surface area contributed by atoms with Crippen LogP contribution in [-0.2, 0) is 40.5 Å². The van der Waals surface area contributed by atoms with Crippen molar-refractivity contribution < 1.29 is 76.4 Å². The van der Waals surface area contributed by atoms with E-state index in [0.29, 0.717) is 24.3 Å². The highest BCUT2D eigenvalue weighted by atomic mass is 32.2. The number of aliphatic hydroxyl groups excluding tert-OH is 1. The topological polar surface area (TPSA) is 428 Å². The Morgan fingerprint density at radius 3 is 1.93 bits per heavy atom. The highest BCUT2D eigenvalue weighted by Gasteiger charge is 2.22. The van der Waals surface area contributed by atoms with Gasteiger partial charge in [0.1, 0.15) is 20.4 Å². The van der Waals surface area contributed by atoms with Crippen LogP contribution >= 0.6 is 0 Å². The monoisotopic (exact) mass is 1010 g/mol. The minimum atomic E-state index is -5.06. The lowest BCUT2D eigenvalue weighted by atomic mass is 10.1. The second-order valence-electron chi connectivity index (χ2n) is 13.5. The lowest BCUT2D eigenvalue weighted by Gasteiger charge is -2.06. The highest BCUT2D eigenvalue weighted by Crippen LogP contribution is 2.35. The van der Waals surface area contributed by atoms with Crippen LogP contribution < -0.4 is 15.8 Å². The van der Waals surface area contributed by atoms with Crippen LogP contribution in [0.5, 0.6) is 0 Å². The molecule has 0 radical (unpaired) electrons. The molecule has 6 rings (SSSR count). The van der Waals surface area contributed by atoms with E-state index in [-0.39, 0.29) is 51.0 Å². The Kier molecular flexibility index (Phi) is 13.8. The molecule has 2 heterocycles. The molecule has 0 aliphatic heterocycles. The van der Waals surface area contributed by atoms with E-state index in [1.165, 1.54) is 49.5 Å². The number of carboxylic acids is 1. The van der Waals surface area contributed by atoms with E-state index in [1.54, 1.807) is 0 Å². The maximum absolute atomic E-state index is 12.4. The highest BCUT2D eigenvalue weighted by molar-refractivity contribution is 7.86. The van der Waals surface area contributed by atoms with Crippen molar-refractivity contribution in [1.82, 2.24) is 15.0 Å². The third-order valence-corrected chi connectivity index (χ3v) is 12.2. The summed E-state index contributed by atoms with van der Waals surface area (Å²) in [7, 11) is -20.0. The van der Waals surface area contributed by atoms with Crippen molar-refractivity contribution >= 4 is 98.6 Å². The van der Waals surface area contributed by atoms with E-state index < -0.39 is 93.8 Å². The molecule has 8 N–H and O–H groups in total. The van der Waals surface area contributed by atoms with Crippen LogP contribution in [0.2, 0.25) is 0 Å². The number of hydrogen-bond acceptors (Lipinski definition) is 17. The first kappa shape index (κ1) is 49.4. The summed E-state index contributed by atoms with van der Waals surface area (Å²) < 4.78 is 137. The van der Waals surface area contributed by atoms with Gasteiger partial charge in [-0.05, 0) is 82.8 Å². The number of benzene rings is 4. The average molecular weight is 1010 g/mol. The van der Waals surface area contributed by atoms with Crippen molar-refractivity contribution in [2.24, 2.45) is 25.2 Å². The van der Waals surface area contributed by atoms with Gasteiger partial charge in [-0.25, -0.2) is 19.3 Å². The van der Waals surface area contributed by atoms with Crippen LogP contribution in [0.3, 0.4) is 0 Å². The second-order valence-corrected chi connectivity index (χ2v) is 19.1. The summed E-state index contributed by atoms with van der Waals surface area (Å²) in [5.41, 5.74) is -3.24. The van der Waals surface area contributed by atoms with Crippen molar-refractivity contribution in [3.63, 3.8) is 0 Å². The van der Waals surface area contributed by atoms with E-state index in [0.717, 1.165) is 47.2 Å². The third kappa shape index (κ3) is 12.2. The van der Waals surface area contributed by atoms with Gasteiger partial charge in [0.2, 0.25) is 0 Å². The smallest absolute Gasteiger partial charge is 0.407 e. The molecule has 0 amide bonds. The molecule has 0 atom stereocenters. The number of hydrogen-bond donors (Lipinski definition) is 8. The Bertz CT molecular complexity index is 3790. The second kappa shape index (κ2) is 19.1. The minimum Gasteiger partial charge on any atom is -0.497 e. The number of aromatic carboxylic acids is 1. The van der Waals surface area contributed by atoms with Crippen molar-refractivity contribution in [2.45, 2.75) is 26.5 Å². The zero-order chi connectivity index (χ0) is 49.9. The van der Waals surface area contributed by atoms with Crippen LogP contribution in [-0.4, -0.2) is 93.8 Å². The molecule has 4 aromatic carbocycles. The molecule has 0 unspecified atom stereocenters. The number of aromatic amines is 2. The largest absolute Gasteiger partial charge is 0.497 e. The maximum atomic E-state index is 12.4. The Hall–Kier alpha value is -8.04. The predicted molar refractivity (Wildman–Crippen MR) is 232 cm³/mol. The predicted octanol–water partition coefficient (Wildman–Crippen LogP) is 4.27. The normalized spacial score (nSPS) is 13.4. The molecule has 0 saturated carbocycles. The van der Waals surface area contributed by atoms with Gasteiger partial charge in [0.05, 0.1) is 50.5 Å². The van der Waals surface area contributed by atoms with E-state index >= 15 is 0 Å². The number of carboxylic acid groups (broad SMARTS) is 1. The molecule has 0 fully saturated rings. The van der Waals surface area contributed by atoms with Gasteiger partial charge in [0.25, 0.3) is 51.8 Å². The van der Waals surface area contributed by atoms with E-state index in [2.05, 4.69) is 40.2 Å². The fourth-order valence-electron chi connectivity index (χ4n) is 5.73. The van der Waals surface area contributed by atoms with Gasteiger partial charge in [0, 0.05) is 19.1 Å². The molecule has 0 bridgehead atoms. The van der Waals surface area contributed by atoms with Gasteiger partial charge in [-0.2, -0.15) is 48.8 Å². The minimum absolute atomic E-state index is 0.00191. The first-order valence-corrected chi connectivity index (χ1v) is 23.9. The third-order valence-electron chi connectivity index (χ3n) is 8.66. The molecule has 6 aromatic rings. The molecule has 2 aromatic heterocycles. The number of carbonyl (C=O) groups is 1. The van der Waals surface area contributed by atoms with Crippen molar-refractivity contribution in [3.8, 4) is 5.95 Å². The molecule has 68 heavy (non-hydrogen) atoms. The van der Waals surface area contributed by atoms with Crippen molar-refractivity contribution in [2.75, 3.05) is 0 Å². The number of nitro benzene ring substituents is 1. The van der Waals surface area contributed by atoms with Gasteiger partial charge in [-0.15, -0.1) is 5.11 Å². The fourth-order valence-corrected chi connectivity index (χ4v) is 8.25. The van der Waals surface area contributed by atoms with Crippen molar-refractivity contribution in [3.05, 3.63) is 135 Å². The number of aliphatic hydroxyl groups is 1. The number of aromatic nitrogens is 4. The number of nitrogens with zero attached hydrogens (tertiary/aromatic N) is 8. The quantitative estimate of drug-likeness (QED) is 0.0110. The number of non-ortho nitro benzene ring substituents is 1. The fraction of sp³-hybridized carbons (Fsp3) is 0.0270. The molecular weight excluding hydrogens is 985 g/mol. The van der Waals surface area contributed by atoms with Crippen LogP contribution in [0.25, 0.3) is 18.1 Å². The van der Waals surface area contributed by atoms with Crippen molar-refractivity contribution in [1.29, 1.82) is 0 Å². The number of nitro groups is 1. The van der Waals surface area contributed by atoms with Gasteiger partial charge < -0.3 is 10.2 Å². The SMILES string of the molecule is CC(O)=Nc1cc(N=c2nc(-[n+]3cccc(C(=O)O)c3)[nH]c(=Nc3cc(S(=O)(=O)O)ccc3S(=O)(=O)O)[nH]2)ccc1N=Nc1ccc(C=Cc2ccc([N+](=O)[O-])cc2S(=O)(=O)O)c(S(=O)(=O)O)c1. The molecule has 0 spiro atoms. The summed E-state index contributed by atoms with van der Waals surface area (Å²) in [4.78, 5) is 40.8. The van der Waals surface area contributed by atoms with Crippen LogP contribution in [0.4, 0.5) is 34.1 Å². The Labute approximate surface area is 381 Å². The lowest BCUT2D eigenvalue weighted by molar-refractivity contribution is -0.604. The zero-order valence-electron chi connectivity index (χ0n) is 33.8. The summed E-state index contributed by atoms with van der Waals surface area (Å²) in [6.07, 6.45) is 4.54. The van der Waals surface area contributed by atoms with E-state index in [4.69, 9.17) is 0 Å². The lowest BCUT2D eigenvalue weighted by Crippen LogP contribution is -2.40. The molecule has 0 aliphatic rings. The first-order valence-electron chi connectivity index (χ1n) is 18.2. The maximum Gasteiger partial charge on any atom is 0.407 e. The first-order chi connectivity index (χ1) is 31.6. The number of H-pyrrole nitrogens is 2. The Morgan fingerprint density at radius 1 is 0.691 bits per heavy atom. The Balaban J connectivity index is 1.45. The molecule has 27 nitrogen and oxygen atoms in total. The molecular formula is C37H29N10O17S4+. The molecule has 31 heteroatoms. The van der Waals surface area contributed by atoms with Gasteiger partial charge in [0.15, 0.2) is 5.90 Å². The van der Waals surface area contributed by atoms with Crippen LogP contribution in [0, 0.1) is 10.1 Å². The summed E-state index contributed by atoms with van der Waals surface area (Å²) in [5, 5.41) is 38.9. The van der Waals surface area contributed by atoms with Crippen LogP contribution in [0.1, 0.15) is 28.4 Å². The summed E-state index contributed by atoms with van der Waals surface area (Å²) in [5.74, 6) is -2.05. The summed E-state index contributed by atoms with van der Waals surface area (Å²) >= 11 is 0. The Morgan fingerprint density at radius 2 is 1.32 bits per heavy atom. The standard InChI is InChI=1S/C37H28N10O17S4/c1-20(48)38-29-15-24(9-12-28(29)45-44-25-8-6-21(32(16-25)67(59,60)61)4-5-22-7-10-26(47(51)52)17-33(22)68(62,63)64)39-35-41-36(43-37(42-35)46-14-2-3-23(19-46)34(49)50)40-30-18-27(65(53,54)55)11-13-31(30)66(56,57)58/h2-19H,1H3,(H7-,38,39,40,41,42,43,44,48,49,50,53,54,55,56,57,58,59,60,61,62,63,64)/p+1. The average Bonchev–Trinajstić information content (AvgIpc) is 3.24. The number of aliphatic imine (C=N–C) groups is 1. The zero-order valence-corrected chi connectivity index (χ0v) is 37.0. The van der Waals surface area contributed by atoms with Gasteiger partial charge in [-0.3, -0.25) is 33.3 Å². The van der Waals surface area contributed by atoms with Gasteiger partial charge >= 0.3 is 17.5 Å². The summed E-state index contributed by atoms with van der Waals surface area (Å²) in [6, 6.07) is 14.2. The van der Waals surface area contributed by atoms with E-state index in [9.17, 15) is 77.0 Å². The number of azo groups is 1. The molecule has 0 aliphatic carbocycles.